The minimum absolute atomic E-state index is 0.0266. The largest absolute Gasteiger partial charge is 0.481 e. The fraction of sp³-hybridized carbons (Fsp3) is 0.881. The molecule has 0 aromatic rings. The summed E-state index contributed by atoms with van der Waals surface area (Å²) in [4.78, 5) is 65.7. The lowest BCUT2D eigenvalue weighted by Crippen LogP contribution is -2.70. The molecule has 2 N–H and O–H groups in total. The van der Waals surface area contributed by atoms with Gasteiger partial charge in [-0.15, -0.1) is 0 Å². The van der Waals surface area contributed by atoms with Crippen LogP contribution in [-0.2, 0) is 38.2 Å². The van der Waals surface area contributed by atoms with Crippen molar-refractivity contribution in [1.82, 2.24) is 0 Å². The zero-order chi connectivity index (χ0) is 39.3. The molecule has 5 fully saturated rings. The minimum Gasteiger partial charge on any atom is -0.481 e. The van der Waals surface area contributed by atoms with Gasteiger partial charge in [0.05, 0.1) is 34.9 Å². The third kappa shape index (κ3) is 6.52. The lowest BCUT2D eigenvalue weighted by atomic mass is 9.34. The van der Waals surface area contributed by atoms with Gasteiger partial charge in [0.15, 0.2) is 0 Å². The Labute approximate surface area is 310 Å². The number of carbonyl (C=O) groups is 5. The SMILES string of the molecule is CC1(C)CCC[C@](C)([C@H]2CC[C@]3(C)[C@@H]2C(=O)C[C@@H]2[C@@]4(C)CC[C@H](OC(=O)CC(C)(C)C(=O)O)C(C)(C)[C@@H]4[C@@H](OC(=O)CC(C)(C)C(=O)O)C[C@]23C)O1. The molecule has 0 bridgehead atoms. The molecule has 1 heterocycles. The van der Waals surface area contributed by atoms with E-state index < -0.39 is 68.8 Å². The van der Waals surface area contributed by atoms with Crippen molar-refractivity contribution in [3.05, 3.63) is 0 Å². The van der Waals surface area contributed by atoms with Gasteiger partial charge in [-0.1, -0.05) is 34.6 Å². The summed E-state index contributed by atoms with van der Waals surface area (Å²) < 4.78 is 19.5. The Balaban J connectivity index is 1.55. The molecule has 52 heavy (non-hydrogen) atoms. The van der Waals surface area contributed by atoms with Crippen LogP contribution in [0.3, 0.4) is 0 Å². The van der Waals surface area contributed by atoms with E-state index in [2.05, 4.69) is 41.5 Å². The zero-order valence-electron chi connectivity index (χ0n) is 33.9. The monoisotopic (exact) mass is 730 g/mol. The number of hydrogen-bond donors (Lipinski definition) is 2. The van der Waals surface area contributed by atoms with Gasteiger partial charge in [-0.05, 0) is 128 Å². The Morgan fingerprint density at radius 3 is 1.87 bits per heavy atom. The number of ether oxygens (including phenoxy) is 3. The molecule has 0 amide bonds. The van der Waals surface area contributed by atoms with Crippen LogP contribution in [0.2, 0.25) is 0 Å². The molecule has 1 aliphatic heterocycles. The molecular formula is C42H66O10. The van der Waals surface area contributed by atoms with Crippen LogP contribution in [0.1, 0.15) is 154 Å². The summed E-state index contributed by atoms with van der Waals surface area (Å²) in [7, 11) is 0. The first kappa shape index (κ1) is 40.7. The molecule has 0 spiro atoms. The lowest BCUT2D eigenvalue weighted by Gasteiger charge is -2.70. The lowest BCUT2D eigenvalue weighted by molar-refractivity contribution is -0.264. The van der Waals surface area contributed by atoms with Gasteiger partial charge in [0.2, 0.25) is 0 Å². The van der Waals surface area contributed by atoms with Crippen molar-refractivity contribution in [2.24, 2.45) is 56.2 Å². The van der Waals surface area contributed by atoms with E-state index in [1.54, 1.807) is 0 Å². The Kier molecular flexibility index (Phi) is 10.0. The van der Waals surface area contributed by atoms with Gasteiger partial charge < -0.3 is 24.4 Å². The second kappa shape index (κ2) is 12.8. The molecule has 0 unspecified atom stereocenters. The Bertz CT molecular complexity index is 1490. The van der Waals surface area contributed by atoms with Crippen LogP contribution in [-0.4, -0.2) is 63.3 Å². The molecule has 0 aromatic heterocycles. The van der Waals surface area contributed by atoms with Crippen LogP contribution < -0.4 is 0 Å². The second-order valence-electron chi connectivity index (χ2n) is 21.0. The van der Waals surface area contributed by atoms with Gasteiger partial charge >= 0.3 is 23.9 Å². The highest BCUT2D eigenvalue weighted by molar-refractivity contribution is 5.85. The van der Waals surface area contributed by atoms with Gasteiger partial charge in [0.1, 0.15) is 18.0 Å². The molecule has 0 radical (unpaired) electrons. The summed E-state index contributed by atoms with van der Waals surface area (Å²) in [6.45, 7) is 23.4. The van der Waals surface area contributed by atoms with Crippen LogP contribution in [0.5, 0.6) is 0 Å². The van der Waals surface area contributed by atoms with Crippen LogP contribution in [0, 0.1) is 56.2 Å². The molecule has 294 valence electrons. The molecule has 5 aliphatic rings. The zero-order valence-corrected chi connectivity index (χ0v) is 33.9. The van der Waals surface area contributed by atoms with Crippen LogP contribution >= 0.6 is 0 Å². The van der Waals surface area contributed by atoms with E-state index in [-0.39, 0.29) is 47.5 Å². The third-order valence-corrected chi connectivity index (χ3v) is 15.6. The number of fused-ring (bicyclic) bond motifs is 5. The predicted molar refractivity (Wildman–Crippen MR) is 194 cm³/mol. The maximum Gasteiger partial charge on any atom is 0.309 e. The first-order valence-corrected chi connectivity index (χ1v) is 19.7. The van der Waals surface area contributed by atoms with Crippen molar-refractivity contribution in [1.29, 1.82) is 0 Å². The summed E-state index contributed by atoms with van der Waals surface area (Å²) in [6.07, 6.45) is 4.99. The molecule has 1 saturated heterocycles. The Morgan fingerprint density at radius 2 is 1.33 bits per heavy atom. The molecule has 10 heteroatoms. The van der Waals surface area contributed by atoms with Gasteiger partial charge in [-0.3, -0.25) is 24.0 Å². The number of Topliss-reactive ketones (excluding diaryl/α,β-unsaturated/α-hetero) is 1. The smallest absolute Gasteiger partial charge is 0.309 e. The average molecular weight is 731 g/mol. The normalized spacial score (nSPS) is 41.2. The highest BCUT2D eigenvalue weighted by Gasteiger charge is 2.74. The fourth-order valence-electron chi connectivity index (χ4n) is 12.7. The Morgan fingerprint density at radius 1 is 0.769 bits per heavy atom. The van der Waals surface area contributed by atoms with E-state index >= 15 is 0 Å². The topological polar surface area (TPSA) is 153 Å². The Hall–Kier alpha value is -2.49. The third-order valence-electron chi connectivity index (χ3n) is 15.6. The highest BCUT2D eigenvalue weighted by atomic mass is 16.6. The standard InChI is InChI=1S/C42H66O10/c1-35(2,33(46)47)22-29(44)50-26-21-41(11)27(20-25(43)31-24(14-19-40(31,41)10)42(12)17-13-16-37(5,6)52-42)39(9)18-15-28(38(7,8)32(26)39)51-30(45)23-36(3,4)34(48)49/h24,26-28,31-32H,13-23H2,1-12H3,(H,46,47)(H,48,49)/t24-,26-,27+,28-,31-,32-,39+,40+,41+,42+/m0/s1. The van der Waals surface area contributed by atoms with Crippen molar-refractivity contribution >= 4 is 29.7 Å². The maximum absolute atomic E-state index is 14.8. The van der Waals surface area contributed by atoms with Crippen molar-refractivity contribution in [3.8, 4) is 0 Å². The van der Waals surface area contributed by atoms with Crippen molar-refractivity contribution in [2.75, 3.05) is 0 Å². The number of rotatable bonds is 9. The second-order valence-corrected chi connectivity index (χ2v) is 21.0. The number of ketones is 1. The first-order chi connectivity index (χ1) is 23.6. The van der Waals surface area contributed by atoms with Gasteiger partial charge in [-0.2, -0.15) is 0 Å². The molecule has 5 rings (SSSR count). The summed E-state index contributed by atoms with van der Waals surface area (Å²) in [5.74, 6) is -3.51. The molecule has 0 aromatic carbocycles. The fourth-order valence-corrected chi connectivity index (χ4v) is 12.7. The van der Waals surface area contributed by atoms with Crippen molar-refractivity contribution < 1.29 is 48.4 Å². The van der Waals surface area contributed by atoms with Gasteiger partial charge in [0.25, 0.3) is 0 Å². The number of carbonyl (C=O) groups excluding carboxylic acids is 3. The molecular weight excluding hydrogens is 664 g/mol. The molecule has 4 aliphatic carbocycles. The molecule has 10 nitrogen and oxygen atoms in total. The van der Waals surface area contributed by atoms with Crippen molar-refractivity contribution in [2.45, 2.75) is 177 Å². The molecule has 10 atom stereocenters. The summed E-state index contributed by atoms with van der Waals surface area (Å²) in [6, 6.07) is 0. The van der Waals surface area contributed by atoms with E-state index in [9.17, 15) is 34.2 Å². The highest BCUT2D eigenvalue weighted by Crippen LogP contribution is 2.76. The van der Waals surface area contributed by atoms with E-state index in [0.717, 1.165) is 32.1 Å². The number of carboxylic acid groups (broad SMARTS) is 2. The van der Waals surface area contributed by atoms with E-state index in [0.29, 0.717) is 31.5 Å². The number of hydrogen-bond acceptors (Lipinski definition) is 8. The summed E-state index contributed by atoms with van der Waals surface area (Å²) >= 11 is 0. The predicted octanol–water partition coefficient (Wildman–Crippen LogP) is 8.02. The van der Waals surface area contributed by atoms with Crippen LogP contribution in [0.4, 0.5) is 0 Å². The van der Waals surface area contributed by atoms with E-state index in [4.69, 9.17) is 14.2 Å². The maximum atomic E-state index is 14.8. The number of aliphatic carboxylic acids is 2. The quantitative estimate of drug-likeness (QED) is 0.223. The van der Waals surface area contributed by atoms with E-state index in [1.165, 1.54) is 27.7 Å². The van der Waals surface area contributed by atoms with E-state index in [1.807, 2.05) is 13.8 Å². The van der Waals surface area contributed by atoms with Gasteiger partial charge in [0, 0.05) is 23.7 Å². The van der Waals surface area contributed by atoms with Gasteiger partial charge in [-0.25, -0.2) is 0 Å². The summed E-state index contributed by atoms with van der Waals surface area (Å²) in [5.41, 5.74) is -5.30. The summed E-state index contributed by atoms with van der Waals surface area (Å²) in [5, 5.41) is 19.5. The number of carboxylic acids is 2. The van der Waals surface area contributed by atoms with Crippen LogP contribution in [0.15, 0.2) is 0 Å². The van der Waals surface area contributed by atoms with Crippen molar-refractivity contribution in [3.63, 3.8) is 0 Å². The average Bonchev–Trinajstić information content (AvgIpc) is 3.35. The molecule has 4 saturated carbocycles. The number of esters is 2. The first-order valence-electron chi connectivity index (χ1n) is 19.7. The van der Waals surface area contributed by atoms with Crippen LogP contribution in [0.25, 0.3) is 0 Å². The minimum atomic E-state index is -1.32.